The van der Waals surface area contributed by atoms with Crippen LogP contribution in [0.1, 0.15) is 88.8 Å². The summed E-state index contributed by atoms with van der Waals surface area (Å²) in [7, 11) is 0. The van der Waals surface area contributed by atoms with E-state index in [1.54, 1.807) is 10.6 Å². The van der Waals surface area contributed by atoms with Crippen LogP contribution in [0.2, 0.25) is 0 Å². The number of carbonyl (C=O) groups is 2. The zero-order chi connectivity index (χ0) is 27.8. The van der Waals surface area contributed by atoms with Crippen molar-refractivity contribution in [2.75, 3.05) is 6.61 Å². The fraction of sp³-hybridized carbons (Fsp3) is 0.633. The number of hydrogen-bond acceptors (Lipinski definition) is 7. The highest BCUT2D eigenvalue weighted by atomic mass is 16.6. The molecule has 3 heterocycles. The summed E-state index contributed by atoms with van der Waals surface area (Å²) < 4.78 is 1.76. The Kier molecular flexibility index (Phi) is 7.61. The van der Waals surface area contributed by atoms with E-state index in [-0.39, 0.29) is 11.7 Å². The number of primary amides is 1. The van der Waals surface area contributed by atoms with Gasteiger partial charge in [-0.05, 0) is 68.9 Å². The minimum Gasteiger partial charge on any atom is -0.476 e. The number of carboxylic acids is 1. The lowest BCUT2D eigenvalue weighted by Crippen LogP contribution is -2.58. The van der Waals surface area contributed by atoms with Crippen molar-refractivity contribution in [3.05, 3.63) is 40.3 Å². The second kappa shape index (κ2) is 11.3. The number of nitrogens with two attached hydrogens (primary N) is 1. The minimum absolute atomic E-state index is 0.0712. The molecule has 10 heteroatoms. The van der Waals surface area contributed by atoms with Crippen molar-refractivity contribution >= 4 is 28.6 Å². The van der Waals surface area contributed by atoms with E-state index in [1.165, 1.54) is 51.4 Å². The molecule has 4 bridgehead atoms. The maximum absolute atomic E-state index is 14.0. The zero-order valence-electron chi connectivity index (χ0n) is 22.9. The maximum atomic E-state index is 14.0. The number of benzene rings is 1. The third kappa shape index (κ3) is 5.25. The van der Waals surface area contributed by atoms with Crippen LogP contribution in [0.15, 0.2) is 34.2 Å². The van der Waals surface area contributed by atoms with Gasteiger partial charge >= 0.3 is 5.97 Å². The topological polar surface area (TPSA) is 140 Å². The lowest BCUT2D eigenvalue weighted by molar-refractivity contribution is -0.130. The second-order valence-corrected chi connectivity index (χ2v) is 12.3. The van der Waals surface area contributed by atoms with Gasteiger partial charge in [-0.25, -0.2) is 9.78 Å². The minimum atomic E-state index is -1.46. The molecular weight excluding hydrogens is 510 g/mol. The van der Waals surface area contributed by atoms with Crippen molar-refractivity contribution < 1.29 is 19.5 Å². The van der Waals surface area contributed by atoms with Gasteiger partial charge in [0.1, 0.15) is 0 Å². The first kappa shape index (κ1) is 26.9. The van der Waals surface area contributed by atoms with Crippen LogP contribution < -0.4 is 11.3 Å². The van der Waals surface area contributed by atoms with Crippen LogP contribution in [-0.2, 0) is 14.4 Å². The molecule has 4 fully saturated rings. The van der Waals surface area contributed by atoms with Crippen LogP contribution >= 0.6 is 0 Å². The van der Waals surface area contributed by atoms with Crippen molar-refractivity contribution in [1.82, 2.24) is 14.5 Å². The number of fused-ring (bicyclic) bond motifs is 5. The number of oxime groups is 1. The average molecular weight is 550 g/mol. The summed E-state index contributed by atoms with van der Waals surface area (Å²) >= 11 is 0. The standard InChI is InChI=1S/C30H39N5O5/c31-26(36)17-40-33-28(30(38)39)27-29(37)35(25-11-4-3-10-24(25)32-27)23-15-20-8-5-9-21(16-23)34(20)22-13-18-6-1-2-7-19(12-18)14-22/h3-4,10-11,18-23H,1-2,5-9,12-17H2,(H2,31,36)(H,38,39)/t18?,19?,20-,21+,22?,23?. The highest BCUT2D eigenvalue weighted by Gasteiger charge is 2.45. The molecule has 0 radical (unpaired) electrons. The summed E-state index contributed by atoms with van der Waals surface area (Å²) in [6.07, 6.45) is 14.7. The van der Waals surface area contributed by atoms with Gasteiger partial charge in [-0.1, -0.05) is 49.4 Å². The molecule has 2 aliphatic heterocycles. The largest absolute Gasteiger partial charge is 0.476 e. The Labute approximate surface area is 233 Å². The molecular formula is C30H39N5O5. The molecule has 6 rings (SSSR count). The fourth-order valence-corrected chi connectivity index (χ4v) is 8.32. The lowest BCUT2D eigenvalue weighted by atomic mass is 9.73. The number of piperidine rings is 2. The van der Waals surface area contributed by atoms with Crippen LogP contribution in [0.4, 0.5) is 0 Å². The van der Waals surface area contributed by atoms with Gasteiger partial charge in [0, 0.05) is 24.2 Å². The van der Waals surface area contributed by atoms with Gasteiger partial charge in [0.05, 0.1) is 11.0 Å². The zero-order valence-corrected chi connectivity index (χ0v) is 22.9. The second-order valence-electron chi connectivity index (χ2n) is 12.3. The monoisotopic (exact) mass is 549 g/mol. The van der Waals surface area contributed by atoms with E-state index in [1.807, 2.05) is 18.2 Å². The number of nitrogens with zero attached hydrogens (tertiary/aromatic N) is 4. The highest BCUT2D eigenvalue weighted by molar-refractivity contribution is 6.41. The van der Waals surface area contributed by atoms with E-state index in [0.717, 1.165) is 37.5 Å². The number of hydrogen-bond donors (Lipinski definition) is 2. The molecule has 1 aromatic carbocycles. The fourth-order valence-electron chi connectivity index (χ4n) is 8.32. The van der Waals surface area contributed by atoms with E-state index in [0.29, 0.717) is 29.2 Å². The SMILES string of the molecule is NC(=O)CON=C(C(=O)O)c1nc2ccccc2n(C2C[C@H]3CCC[C@@H](C2)N3C2CC3CCCCC(C3)C2)c1=O. The Bertz CT molecular complexity index is 1340. The van der Waals surface area contributed by atoms with Crippen LogP contribution in [0, 0.1) is 11.8 Å². The Balaban J connectivity index is 1.35. The third-order valence-corrected chi connectivity index (χ3v) is 9.73. The number of carbonyl (C=O) groups excluding carboxylic acids is 1. The molecule has 10 nitrogen and oxygen atoms in total. The summed E-state index contributed by atoms with van der Waals surface area (Å²) in [6.45, 7) is -0.594. The third-order valence-electron chi connectivity index (χ3n) is 9.73. The van der Waals surface area contributed by atoms with Crippen molar-refractivity contribution in [2.45, 2.75) is 101 Å². The quantitative estimate of drug-likeness (QED) is 0.397. The first-order valence-corrected chi connectivity index (χ1v) is 14.9. The molecule has 1 aromatic heterocycles. The molecule has 4 aliphatic rings. The van der Waals surface area contributed by atoms with Gasteiger partial charge in [-0.3, -0.25) is 14.5 Å². The summed E-state index contributed by atoms with van der Waals surface area (Å²) in [5, 5.41) is 13.5. The molecule has 3 unspecified atom stereocenters. The molecule has 40 heavy (non-hydrogen) atoms. The number of para-hydroxylation sites is 2. The number of amides is 1. The van der Waals surface area contributed by atoms with Crippen molar-refractivity contribution in [3.8, 4) is 0 Å². The van der Waals surface area contributed by atoms with Gasteiger partial charge in [0.2, 0.25) is 5.71 Å². The molecule has 3 N–H and O–H groups in total. The summed E-state index contributed by atoms with van der Waals surface area (Å²) in [6, 6.07) is 8.73. The molecule has 2 aromatic rings. The molecule has 214 valence electrons. The van der Waals surface area contributed by atoms with Crippen molar-refractivity contribution in [2.24, 2.45) is 22.7 Å². The van der Waals surface area contributed by atoms with Gasteiger partial charge in [-0.2, -0.15) is 0 Å². The summed E-state index contributed by atoms with van der Waals surface area (Å²) in [5.41, 5.74) is 4.89. The van der Waals surface area contributed by atoms with Gasteiger partial charge in [0.15, 0.2) is 12.3 Å². The highest BCUT2D eigenvalue weighted by Crippen LogP contribution is 2.47. The predicted molar refractivity (Wildman–Crippen MR) is 150 cm³/mol. The van der Waals surface area contributed by atoms with Crippen LogP contribution in [0.5, 0.6) is 0 Å². The first-order chi connectivity index (χ1) is 19.4. The molecule has 2 saturated carbocycles. The smallest absolute Gasteiger partial charge is 0.360 e. The van der Waals surface area contributed by atoms with Crippen LogP contribution in [0.3, 0.4) is 0 Å². The van der Waals surface area contributed by atoms with E-state index in [9.17, 15) is 19.5 Å². The number of rotatable bonds is 7. The molecule has 2 saturated heterocycles. The molecule has 0 spiro atoms. The van der Waals surface area contributed by atoms with Crippen LogP contribution in [-0.4, -0.2) is 61.9 Å². The Hall–Kier alpha value is -3.27. The van der Waals surface area contributed by atoms with Crippen molar-refractivity contribution in [3.63, 3.8) is 0 Å². The van der Waals surface area contributed by atoms with Crippen LogP contribution in [0.25, 0.3) is 11.0 Å². The molecule has 1 amide bonds. The summed E-state index contributed by atoms with van der Waals surface area (Å²) in [4.78, 5) is 49.3. The van der Waals surface area contributed by atoms with E-state index < -0.39 is 29.8 Å². The normalized spacial score (nSPS) is 30.9. The van der Waals surface area contributed by atoms with Gasteiger partial charge in [0.25, 0.3) is 11.5 Å². The van der Waals surface area contributed by atoms with E-state index in [4.69, 9.17) is 10.6 Å². The van der Waals surface area contributed by atoms with E-state index in [2.05, 4.69) is 15.0 Å². The molecule has 5 atom stereocenters. The van der Waals surface area contributed by atoms with E-state index >= 15 is 0 Å². The number of aliphatic carboxylic acids is 1. The average Bonchev–Trinajstić information content (AvgIpc) is 3.09. The number of aromatic nitrogens is 2. The maximum Gasteiger partial charge on any atom is 0.360 e. The first-order valence-electron chi connectivity index (χ1n) is 14.9. The Morgan fingerprint density at radius 3 is 2.25 bits per heavy atom. The lowest BCUT2D eigenvalue weighted by Gasteiger charge is -2.54. The number of carboxylic acid groups (broad SMARTS) is 1. The summed E-state index contributed by atoms with van der Waals surface area (Å²) in [5.74, 6) is -0.552. The Morgan fingerprint density at radius 1 is 0.925 bits per heavy atom. The van der Waals surface area contributed by atoms with Gasteiger partial charge in [-0.15, -0.1) is 0 Å². The Morgan fingerprint density at radius 2 is 1.60 bits per heavy atom. The van der Waals surface area contributed by atoms with Gasteiger partial charge < -0.3 is 20.2 Å². The van der Waals surface area contributed by atoms with Crippen molar-refractivity contribution in [1.29, 1.82) is 0 Å². The predicted octanol–water partition coefficient (Wildman–Crippen LogP) is 3.60. The molecule has 2 aliphatic carbocycles.